The van der Waals surface area contributed by atoms with Gasteiger partial charge >= 0.3 is 5.97 Å². The van der Waals surface area contributed by atoms with Gasteiger partial charge in [-0.3, -0.25) is 10.1 Å². The number of nitro groups is 1. The fraction of sp³-hybridized carbons (Fsp3) is 0.364. The maximum Gasteiger partial charge on any atom is 0.338 e. The smallest absolute Gasteiger partial charge is 0.338 e. The molecule has 0 fully saturated rings. The van der Waals surface area contributed by atoms with E-state index in [4.69, 9.17) is 9.47 Å². The average Bonchev–Trinajstić information content (AvgIpc) is 2.34. The van der Waals surface area contributed by atoms with Crippen molar-refractivity contribution in [1.82, 2.24) is 0 Å². The van der Waals surface area contributed by atoms with Gasteiger partial charge in [-0.05, 0) is 19.1 Å². The lowest BCUT2D eigenvalue weighted by Crippen LogP contribution is -2.10. The molecule has 0 saturated heterocycles. The Hall–Kier alpha value is -1.95. The number of hydrogen-bond donors (Lipinski definition) is 0. The highest BCUT2D eigenvalue weighted by Gasteiger charge is 2.10. The minimum atomic E-state index is -0.524. The summed E-state index contributed by atoms with van der Waals surface area (Å²) < 4.78 is 9.90. The Morgan fingerprint density at radius 2 is 1.94 bits per heavy atom. The van der Waals surface area contributed by atoms with Crippen molar-refractivity contribution >= 4 is 11.7 Å². The number of benzene rings is 1. The molecule has 1 aromatic carbocycles. The van der Waals surface area contributed by atoms with Crippen LogP contribution in [0.3, 0.4) is 0 Å². The third-order valence-corrected chi connectivity index (χ3v) is 1.98. The van der Waals surface area contributed by atoms with E-state index in [0.717, 1.165) is 0 Å². The molecule has 0 unspecified atom stereocenters. The van der Waals surface area contributed by atoms with E-state index < -0.39 is 10.9 Å². The van der Waals surface area contributed by atoms with Crippen LogP contribution in [0.2, 0.25) is 0 Å². The second-order valence-electron chi connectivity index (χ2n) is 3.14. The number of rotatable bonds is 6. The van der Waals surface area contributed by atoms with E-state index in [-0.39, 0.29) is 17.9 Å². The zero-order valence-electron chi connectivity index (χ0n) is 9.42. The fourth-order valence-corrected chi connectivity index (χ4v) is 1.14. The summed E-state index contributed by atoms with van der Waals surface area (Å²) in [6.45, 7) is 2.92. The first-order valence-electron chi connectivity index (χ1n) is 5.14. The summed E-state index contributed by atoms with van der Waals surface area (Å²) in [7, 11) is 0. The third kappa shape index (κ3) is 4.20. The van der Waals surface area contributed by atoms with Crippen LogP contribution in [0, 0.1) is 10.1 Å². The monoisotopic (exact) mass is 239 g/mol. The van der Waals surface area contributed by atoms with Crippen molar-refractivity contribution in [3.63, 3.8) is 0 Å². The summed E-state index contributed by atoms with van der Waals surface area (Å²) in [5.74, 6) is -0.514. The van der Waals surface area contributed by atoms with Crippen LogP contribution in [-0.4, -0.2) is 30.7 Å². The normalized spacial score (nSPS) is 9.94. The van der Waals surface area contributed by atoms with Crippen LogP contribution >= 0.6 is 0 Å². The van der Waals surface area contributed by atoms with E-state index >= 15 is 0 Å². The van der Waals surface area contributed by atoms with Crippen LogP contribution in [-0.2, 0) is 9.47 Å². The lowest BCUT2D eigenvalue weighted by Gasteiger charge is -2.04. The van der Waals surface area contributed by atoms with E-state index in [9.17, 15) is 14.9 Å². The van der Waals surface area contributed by atoms with Crippen LogP contribution in [0.15, 0.2) is 24.3 Å². The molecule has 0 N–H and O–H groups in total. The molecule has 0 aliphatic rings. The van der Waals surface area contributed by atoms with E-state index in [2.05, 4.69) is 0 Å². The second-order valence-corrected chi connectivity index (χ2v) is 3.14. The van der Waals surface area contributed by atoms with Gasteiger partial charge in [-0.25, -0.2) is 4.79 Å². The van der Waals surface area contributed by atoms with Gasteiger partial charge < -0.3 is 9.47 Å². The van der Waals surface area contributed by atoms with E-state index in [1.165, 1.54) is 24.3 Å². The molecule has 1 rings (SSSR count). The summed E-state index contributed by atoms with van der Waals surface area (Å²) in [6, 6.07) is 5.25. The molecule has 0 spiro atoms. The van der Waals surface area contributed by atoms with Gasteiger partial charge in [0.05, 0.1) is 17.1 Å². The molecule has 0 aliphatic heterocycles. The summed E-state index contributed by atoms with van der Waals surface area (Å²) in [4.78, 5) is 21.3. The van der Waals surface area contributed by atoms with Crippen molar-refractivity contribution in [2.75, 3.05) is 19.8 Å². The second kappa shape index (κ2) is 6.59. The maximum atomic E-state index is 11.4. The lowest BCUT2D eigenvalue weighted by atomic mass is 10.2. The molecule has 0 heterocycles. The number of carbonyl (C=O) groups is 1. The van der Waals surface area contributed by atoms with Crippen LogP contribution in [0.4, 0.5) is 5.69 Å². The molecule has 0 saturated carbocycles. The minimum Gasteiger partial charge on any atom is -0.460 e. The third-order valence-electron chi connectivity index (χ3n) is 1.98. The molecule has 0 bridgehead atoms. The molecule has 92 valence electrons. The molecule has 17 heavy (non-hydrogen) atoms. The van der Waals surface area contributed by atoms with Gasteiger partial charge in [0, 0.05) is 18.7 Å². The quantitative estimate of drug-likeness (QED) is 0.327. The highest BCUT2D eigenvalue weighted by atomic mass is 16.6. The molecular weight excluding hydrogens is 226 g/mol. The Morgan fingerprint density at radius 3 is 2.47 bits per heavy atom. The first-order valence-corrected chi connectivity index (χ1v) is 5.14. The van der Waals surface area contributed by atoms with Gasteiger partial charge in [0.1, 0.15) is 6.61 Å². The van der Waals surface area contributed by atoms with Gasteiger partial charge in [-0.1, -0.05) is 0 Å². The lowest BCUT2D eigenvalue weighted by molar-refractivity contribution is -0.384. The Labute approximate surface area is 98.3 Å². The highest BCUT2D eigenvalue weighted by Crippen LogP contribution is 2.12. The standard InChI is InChI=1S/C11H13NO5/c1-2-16-7-8-17-11(13)9-3-5-10(6-4-9)12(14)15/h3-6H,2,7-8H2,1H3. The first kappa shape index (κ1) is 13.1. The number of carbonyl (C=O) groups excluding carboxylic acids is 1. The number of hydrogen-bond acceptors (Lipinski definition) is 5. The van der Waals surface area contributed by atoms with Gasteiger partial charge in [0.15, 0.2) is 0 Å². The Bertz CT molecular complexity index is 387. The van der Waals surface area contributed by atoms with Crippen molar-refractivity contribution in [1.29, 1.82) is 0 Å². The molecule has 0 amide bonds. The fourth-order valence-electron chi connectivity index (χ4n) is 1.14. The SMILES string of the molecule is CCOCCOC(=O)c1ccc([N+](=O)[O-])cc1. The molecular formula is C11H13NO5. The molecule has 6 nitrogen and oxygen atoms in total. The molecule has 6 heteroatoms. The number of nitro benzene ring substituents is 1. The van der Waals surface area contributed by atoms with Gasteiger partial charge in [0.25, 0.3) is 5.69 Å². The summed E-state index contributed by atoms with van der Waals surface area (Å²) in [5.41, 5.74) is 0.225. The summed E-state index contributed by atoms with van der Waals surface area (Å²) in [6.07, 6.45) is 0. The van der Waals surface area contributed by atoms with Crippen molar-refractivity contribution in [3.05, 3.63) is 39.9 Å². The number of non-ortho nitro benzene ring substituents is 1. The zero-order chi connectivity index (χ0) is 12.7. The van der Waals surface area contributed by atoms with Crippen LogP contribution in [0.1, 0.15) is 17.3 Å². The van der Waals surface area contributed by atoms with Crippen molar-refractivity contribution < 1.29 is 19.2 Å². The largest absolute Gasteiger partial charge is 0.460 e. The van der Waals surface area contributed by atoms with E-state index in [1.807, 2.05) is 6.92 Å². The van der Waals surface area contributed by atoms with Crippen LogP contribution < -0.4 is 0 Å². The summed E-state index contributed by atoms with van der Waals surface area (Å²) in [5, 5.41) is 10.4. The van der Waals surface area contributed by atoms with Crippen LogP contribution in [0.5, 0.6) is 0 Å². The minimum absolute atomic E-state index is 0.0594. The Balaban J connectivity index is 2.49. The van der Waals surface area contributed by atoms with Gasteiger partial charge in [-0.2, -0.15) is 0 Å². The number of nitrogens with zero attached hydrogens (tertiary/aromatic N) is 1. The number of esters is 1. The highest BCUT2D eigenvalue weighted by molar-refractivity contribution is 5.89. The van der Waals surface area contributed by atoms with Crippen molar-refractivity contribution in [2.45, 2.75) is 6.92 Å². The molecule has 0 aromatic heterocycles. The number of ether oxygens (including phenoxy) is 2. The van der Waals surface area contributed by atoms with Gasteiger partial charge in [0.2, 0.25) is 0 Å². The first-order chi connectivity index (χ1) is 8.15. The predicted molar refractivity (Wildman–Crippen MR) is 59.9 cm³/mol. The molecule has 1 aromatic rings. The molecule has 0 atom stereocenters. The zero-order valence-corrected chi connectivity index (χ0v) is 9.42. The van der Waals surface area contributed by atoms with Crippen molar-refractivity contribution in [3.8, 4) is 0 Å². The van der Waals surface area contributed by atoms with E-state index in [0.29, 0.717) is 13.2 Å². The van der Waals surface area contributed by atoms with Crippen LogP contribution in [0.25, 0.3) is 0 Å². The van der Waals surface area contributed by atoms with Gasteiger partial charge in [-0.15, -0.1) is 0 Å². The van der Waals surface area contributed by atoms with E-state index in [1.54, 1.807) is 0 Å². The topological polar surface area (TPSA) is 78.7 Å². The summed E-state index contributed by atoms with van der Waals surface area (Å²) >= 11 is 0. The molecule has 0 radical (unpaired) electrons. The average molecular weight is 239 g/mol. The van der Waals surface area contributed by atoms with Crippen molar-refractivity contribution in [2.24, 2.45) is 0 Å². The molecule has 0 aliphatic carbocycles. The maximum absolute atomic E-state index is 11.4. The Morgan fingerprint density at radius 1 is 1.29 bits per heavy atom. The Kier molecular flexibility index (Phi) is 5.09. The predicted octanol–water partition coefficient (Wildman–Crippen LogP) is 1.79.